The minimum Gasteiger partial charge on any atom is -0.313 e. The van der Waals surface area contributed by atoms with E-state index in [-0.39, 0.29) is 30.1 Å². The Morgan fingerprint density at radius 1 is 1.29 bits per heavy atom. The van der Waals surface area contributed by atoms with Gasteiger partial charge >= 0.3 is 0 Å². The lowest BCUT2D eigenvalue weighted by molar-refractivity contribution is 0.519. The van der Waals surface area contributed by atoms with E-state index in [1.54, 1.807) is 0 Å². The van der Waals surface area contributed by atoms with Crippen molar-refractivity contribution < 1.29 is 0 Å². The largest absolute Gasteiger partial charge is 0.313 e. The number of hydrogen-bond acceptors (Lipinski definition) is 4. The summed E-state index contributed by atoms with van der Waals surface area (Å²) in [4.78, 5) is 4.54. The van der Waals surface area contributed by atoms with Gasteiger partial charge in [0.25, 0.3) is 0 Å². The Morgan fingerprint density at radius 3 is 2.57 bits per heavy atom. The van der Waals surface area contributed by atoms with Gasteiger partial charge in [0, 0.05) is 12.8 Å². The van der Waals surface area contributed by atoms with Crippen LogP contribution in [0.15, 0.2) is 35.3 Å². The standard InChI is InChI=1S/C16H24N4.HI/c1-2-16(20-15(13-18)9-6-11-17)19-12-10-14-7-4-3-5-8-14;/h3-5,7-8,11,13,16-19H,2,6,9-10,12H2,1H3;1H/b17-11?,18-13?,20-15-;. The Bertz CT molecular complexity index is 431. The highest BCUT2D eigenvalue weighted by Crippen LogP contribution is 2.01. The summed E-state index contributed by atoms with van der Waals surface area (Å²) in [6.07, 6.45) is 5.91. The van der Waals surface area contributed by atoms with Crippen LogP contribution >= 0.6 is 24.0 Å². The molecule has 0 aliphatic carbocycles. The molecule has 1 aromatic rings. The van der Waals surface area contributed by atoms with Crippen LogP contribution in [0.2, 0.25) is 0 Å². The molecule has 0 amide bonds. The number of aliphatic imine (C=N–C) groups is 1. The van der Waals surface area contributed by atoms with Crippen molar-refractivity contribution in [3.8, 4) is 0 Å². The fraction of sp³-hybridized carbons (Fsp3) is 0.438. The van der Waals surface area contributed by atoms with Crippen LogP contribution in [0.3, 0.4) is 0 Å². The van der Waals surface area contributed by atoms with Crippen molar-refractivity contribution >= 4 is 42.1 Å². The number of halogens is 1. The molecule has 5 heteroatoms. The lowest BCUT2D eigenvalue weighted by Crippen LogP contribution is -2.30. The molecule has 0 saturated heterocycles. The third-order valence-electron chi connectivity index (χ3n) is 3.06. The smallest absolute Gasteiger partial charge is 0.0995 e. The Labute approximate surface area is 144 Å². The van der Waals surface area contributed by atoms with Gasteiger partial charge in [-0.05, 0) is 37.5 Å². The zero-order valence-electron chi connectivity index (χ0n) is 12.5. The van der Waals surface area contributed by atoms with Crippen LogP contribution < -0.4 is 5.32 Å². The van der Waals surface area contributed by atoms with Crippen molar-refractivity contribution in [1.82, 2.24) is 5.32 Å². The Kier molecular flexibility index (Phi) is 12.0. The molecule has 0 fully saturated rings. The summed E-state index contributed by atoms with van der Waals surface area (Å²) in [7, 11) is 0. The molecule has 0 aromatic heterocycles. The summed E-state index contributed by atoms with van der Waals surface area (Å²) < 4.78 is 0. The molecule has 4 nitrogen and oxygen atoms in total. The SMILES string of the molecule is CCC(/N=C(\C=N)CCC=N)NCCc1ccccc1.I. The van der Waals surface area contributed by atoms with Gasteiger partial charge in [0.2, 0.25) is 0 Å². The Balaban J connectivity index is 0.00000400. The number of nitrogens with zero attached hydrogens (tertiary/aromatic N) is 1. The van der Waals surface area contributed by atoms with Crippen LogP contribution in [0, 0.1) is 10.8 Å². The van der Waals surface area contributed by atoms with Crippen LogP contribution in [-0.2, 0) is 6.42 Å². The summed E-state index contributed by atoms with van der Waals surface area (Å²) in [5.74, 6) is 0. The number of rotatable bonds is 10. The van der Waals surface area contributed by atoms with Crippen molar-refractivity contribution in [2.75, 3.05) is 6.54 Å². The molecule has 1 unspecified atom stereocenters. The van der Waals surface area contributed by atoms with Gasteiger partial charge in [-0.1, -0.05) is 37.3 Å². The van der Waals surface area contributed by atoms with E-state index in [1.807, 2.05) is 6.07 Å². The van der Waals surface area contributed by atoms with E-state index in [0.29, 0.717) is 12.8 Å². The van der Waals surface area contributed by atoms with Gasteiger partial charge in [-0.15, -0.1) is 24.0 Å². The number of hydrogen-bond donors (Lipinski definition) is 3. The molecule has 0 bridgehead atoms. The monoisotopic (exact) mass is 400 g/mol. The van der Waals surface area contributed by atoms with Crippen LogP contribution in [0.4, 0.5) is 0 Å². The van der Waals surface area contributed by atoms with E-state index in [1.165, 1.54) is 18.0 Å². The first-order chi connectivity index (χ1) is 9.80. The lowest BCUT2D eigenvalue weighted by atomic mass is 10.1. The highest BCUT2D eigenvalue weighted by molar-refractivity contribution is 14.0. The van der Waals surface area contributed by atoms with Crippen molar-refractivity contribution in [2.24, 2.45) is 4.99 Å². The lowest BCUT2D eigenvalue weighted by Gasteiger charge is -2.14. The maximum atomic E-state index is 7.36. The number of nitrogens with one attached hydrogen (secondary N) is 3. The molecule has 0 radical (unpaired) electrons. The fourth-order valence-electron chi connectivity index (χ4n) is 1.90. The van der Waals surface area contributed by atoms with Crippen molar-refractivity contribution in [1.29, 1.82) is 10.8 Å². The summed E-state index contributed by atoms with van der Waals surface area (Å²) in [5, 5.41) is 17.8. The molecule has 0 spiro atoms. The minimum absolute atomic E-state index is 0. The van der Waals surface area contributed by atoms with Gasteiger partial charge in [-0.3, -0.25) is 10.3 Å². The van der Waals surface area contributed by atoms with Gasteiger partial charge in [0.1, 0.15) is 0 Å². The zero-order valence-corrected chi connectivity index (χ0v) is 14.8. The summed E-state index contributed by atoms with van der Waals surface area (Å²) in [6, 6.07) is 10.4. The molecular weight excluding hydrogens is 375 g/mol. The summed E-state index contributed by atoms with van der Waals surface area (Å²) in [6.45, 7) is 2.96. The third-order valence-corrected chi connectivity index (χ3v) is 3.06. The van der Waals surface area contributed by atoms with Crippen molar-refractivity contribution in [2.45, 2.75) is 38.8 Å². The molecule has 0 heterocycles. The first-order valence-corrected chi connectivity index (χ1v) is 7.13. The second-order valence-corrected chi connectivity index (χ2v) is 4.62. The molecule has 1 rings (SSSR count). The van der Waals surface area contributed by atoms with Crippen molar-refractivity contribution in [3.05, 3.63) is 35.9 Å². The fourth-order valence-corrected chi connectivity index (χ4v) is 1.90. The molecule has 21 heavy (non-hydrogen) atoms. The first-order valence-electron chi connectivity index (χ1n) is 7.13. The van der Waals surface area contributed by atoms with Gasteiger partial charge in [0.15, 0.2) is 0 Å². The second-order valence-electron chi connectivity index (χ2n) is 4.62. The average molecular weight is 400 g/mol. The topological polar surface area (TPSA) is 72.1 Å². The molecule has 1 atom stereocenters. The van der Waals surface area contributed by atoms with Gasteiger partial charge in [0.05, 0.1) is 11.9 Å². The quantitative estimate of drug-likeness (QED) is 0.407. The van der Waals surface area contributed by atoms with E-state index < -0.39 is 0 Å². The van der Waals surface area contributed by atoms with E-state index in [9.17, 15) is 0 Å². The molecule has 0 aliphatic rings. The van der Waals surface area contributed by atoms with Crippen LogP contribution in [0.1, 0.15) is 31.7 Å². The molecule has 0 saturated carbocycles. The third kappa shape index (κ3) is 8.72. The maximum Gasteiger partial charge on any atom is 0.0995 e. The van der Waals surface area contributed by atoms with E-state index in [4.69, 9.17) is 10.8 Å². The second kappa shape index (κ2) is 12.6. The summed E-state index contributed by atoms with van der Waals surface area (Å²) in [5.41, 5.74) is 2.07. The van der Waals surface area contributed by atoms with Gasteiger partial charge < -0.3 is 10.8 Å². The summed E-state index contributed by atoms with van der Waals surface area (Å²) >= 11 is 0. The number of benzene rings is 1. The van der Waals surface area contributed by atoms with Crippen LogP contribution in [0.25, 0.3) is 0 Å². The zero-order chi connectivity index (χ0) is 14.6. The van der Waals surface area contributed by atoms with Crippen LogP contribution in [0.5, 0.6) is 0 Å². The molecule has 116 valence electrons. The average Bonchev–Trinajstić information content (AvgIpc) is 2.50. The van der Waals surface area contributed by atoms with Gasteiger partial charge in [-0.2, -0.15) is 0 Å². The highest BCUT2D eigenvalue weighted by atomic mass is 127. The highest BCUT2D eigenvalue weighted by Gasteiger charge is 2.04. The van der Waals surface area contributed by atoms with Gasteiger partial charge in [-0.25, -0.2) is 0 Å². The maximum absolute atomic E-state index is 7.36. The van der Waals surface area contributed by atoms with E-state index in [0.717, 1.165) is 25.1 Å². The van der Waals surface area contributed by atoms with E-state index >= 15 is 0 Å². The normalized spacial score (nSPS) is 12.3. The van der Waals surface area contributed by atoms with Crippen molar-refractivity contribution in [3.63, 3.8) is 0 Å². The molecule has 0 aliphatic heterocycles. The molecular formula is C16H25IN4. The molecule has 1 aromatic carbocycles. The van der Waals surface area contributed by atoms with E-state index in [2.05, 4.69) is 41.5 Å². The minimum atomic E-state index is 0. The Hall–Kier alpha value is -1.08. The first kappa shape index (κ1) is 19.9. The predicted octanol–water partition coefficient (Wildman–Crippen LogP) is 3.69. The van der Waals surface area contributed by atoms with Crippen LogP contribution in [-0.4, -0.2) is 30.9 Å². The molecule has 3 N–H and O–H groups in total. The predicted molar refractivity (Wildman–Crippen MR) is 102 cm³/mol. The Morgan fingerprint density at radius 2 is 2.00 bits per heavy atom.